The average Bonchev–Trinajstić information content (AvgIpc) is 3.42. The smallest absolute Gasteiger partial charge is 0.341 e. The molecular formula is C39H38O6S2. The lowest BCUT2D eigenvalue weighted by molar-refractivity contribution is -0.150. The normalized spacial score (nSPS) is 12.7. The molecule has 0 aromatic heterocycles. The Morgan fingerprint density at radius 2 is 1.40 bits per heavy atom. The van der Waals surface area contributed by atoms with Gasteiger partial charge in [-0.15, -0.1) is 23.5 Å². The van der Waals surface area contributed by atoms with Gasteiger partial charge in [0.2, 0.25) is 0 Å². The molecule has 0 spiro atoms. The van der Waals surface area contributed by atoms with Crippen LogP contribution in [0.5, 0.6) is 5.75 Å². The molecule has 0 fully saturated rings. The Labute approximate surface area is 284 Å². The molecule has 0 heterocycles. The molecule has 0 aliphatic heterocycles. The number of carboxylic acids is 2. The first-order valence-electron chi connectivity index (χ1n) is 15.5. The maximum Gasteiger partial charge on any atom is 0.341 e. The van der Waals surface area contributed by atoms with Crippen molar-refractivity contribution < 1.29 is 29.3 Å². The second kappa shape index (κ2) is 16.5. The summed E-state index contributed by atoms with van der Waals surface area (Å²) < 4.78 is 10.6. The monoisotopic (exact) mass is 666 g/mol. The fraction of sp³-hybridized carbons (Fsp3) is 0.231. The van der Waals surface area contributed by atoms with Crippen molar-refractivity contribution in [1.29, 1.82) is 0 Å². The number of carbonyl (C=O) groups is 2. The minimum Gasteiger partial charge on any atom is -0.482 e. The highest BCUT2D eigenvalue weighted by atomic mass is 32.2. The number of rotatable bonds is 16. The van der Waals surface area contributed by atoms with Gasteiger partial charge >= 0.3 is 11.9 Å². The van der Waals surface area contributed by atoms with Crippen molar-refractivity contribution in [3.63, 3.8) is 0 Å². The molecule has 242 valence electrons. The molecule has 1 aliphatic rings. The van der Waals surface area contributed by atoms with Crippen molar-refractivity contribution in [3.8, 4) is 16.9 Å². The van der Waals surface area contributed by atoms with Gasteiger partial charge in [0.15, 0.2) is 12.7 Å². The third kappa shape index (κ3) is 9.64. The summed E-state index contributed by atoms with van der Waals surface area (Å²) in [5.74, 6) is 0.349. The molecule has 1 unspecified atom stereocenters. The van der Waals surface area contributed by atoms with Crippen LogP contribution in [0.4, 0.5) is 0 Å². The fourth-order valence-electron chi connectivity index (χ4n) is 5.48. The number of hydrogen-bond acceptors (Lipinski definition) is 6. The van der Waals surface area contributed by atoms with Crippen LogP contribution in [0, 0.1) is 6.92 Å². The highest BCUT2D eigenvalue weighted by molar-refractivity contribution is 7.99. The molecule has 0 bridgehead atoms. The minimum atomic E-state index is -0.984. The van der Waals surface area contributed by atoms with Gasteiger partial charge in [0.1, 0.15) is 5.75 Å². The maximum atomic E-state index is 11.4. The Morgan fingerprint density at radius 1 is 0.809 bits per heavy atom. The standard InChI is InChI=1S/C39H38O6S2/c1-3-44-37(39(42)43)23-29-8-12-32(13-9-29)46-18-4-6-27-10-15-34-30(21-27)24-31-22-28(11-16-35(31)34)7-5-19-47-33-14-17-36(26(2)20-33)45-25-38(40)41/h4-17,20-22,37H,3,18-19,23-25H2,1-2H3,(H,40,41)(H,42,43). The summed E-state index contributed by atoms with van der Waals surface area (Å²) in [7, 11) is 0. The Balaban J connectivity index is 1.10. The van der Waals surface area contributed by atoms with E-state index in [9.17, 15) is 14.7 Å². The second-order valence-electron chi connectivity index (χ2n) is 11.2. The zero-order valence-electron chi connectivity index (χ0n) is 26.5. The summed E-state index contributed by atoms with van der Waals surface area (Å²) in [5.41, 5.74) is 9.55. The number of hydrogen-bond donors (Lipinski definition) is 2. The van der Waals surface area contributed by atoms with E-state index in [0.29, 0.717) is 18.8 Å². The van der Waals surface area contributed by atoms with E-state index in [-0.39, 0.29) is 6.61 Å². The van der Waals surface area contributed by atoms with E-state index in [2.05, 4.69) is 60.7 Å². The van der Waals surface area contributed by atoms with Crippen LogP contribution in [0.1, 0.15) is 40.3 Å². The van der Waals surface area contributed by atoms with E-state index in [4.69, 9.17) is 14.6 Å². The maximum absolute atomic E-state index is 11.4. The van der Waals surface area contributed by atoms with Crippen LogP contribution in [0.2, 0.25) is 0 Å². The third-order valence-corrected chi connectivity index (χ3v) is 9.64. The van der Waals surface area contributed by atoms with E-state index in [1.54, 1.807) is 30.4 Å². The molecule has 1 aliphatic carbocycles. The van der Waals surface area contributed by atoms with Crippen molar-refractivity contribution in [2.75, 3.05) is 24.7 Å². The molecule has 0 amide bonds. The summed E-state index contributed by atoms with van der Waals surface area (Å²) in [6.07, 6.45) is 9.17. The first-order chi connectivity index (χ1) is 22.8. The minimum absolute atomic E-state index is 0.339. The number of carboxylic acid groups (broad SMARTS) is 2. The highest BCUT2D eigenvalue weighted by Crippen LogP contribution is 2.38. The molecule has 6 nitrogen and oxygen atoms in total. The molecule has 0 saturated heterocycles. The van der Waals surface area contributed by atoms with Gasteiger partial charge in [0.25, 0.3) is 0 Å². The van der Waals surface area contributed by atoms with Crippen LogP contribution in [0.15, 0.2) is 101 Å². The summed E-state index contributed by atoms with van der Waals surface area (Å²) in [6, 6.07) is 27.2. The lowest BCUT2D eigenvalue weighted by Gasteiger charge is -2.12. The molecule has 5 rings (SSSR count). The summed E-state index contributed by atoms with van der Waals surface area (Å²) in [5, 5.41) is 18.1. The first kappa shape index (κ1) is 34.1. The first-order valence-corrected chi connectivity index (χ1v) is 17.5. The number of ether oxygens (including phenoxy) is 2. The zero-order valence-corrected chi connectivity index (χ0v) is 28.1. The van der Waals surface area contributed by atoms with Gasteiger partial charge in [-0.3, -0.25) is 0 Å². The Kier molecular flexibility index (Phi) is 12.0. The summed E-state index contributed by atoms with van der Waals surface area (Å²) in [6.45, 7) is 3.77. The van der Waals surface area contributed by atoms with Gasteiger partial charge in [0, 0.05) is 34.3 Å². The summed E-state index contributed by atoms with van der Waals surface area (Å²) in [4.78, 5) is 24.4. The van der Waals surface area contributed by atoms with Crippen LogP contribution < -0.4 is 4.74 Å². The van der Waals surface area contributed by atoms with Crippen LogP contribution >= 0.6 is 23.5 Å². The average molecular weight is 667 g/mol. The van der Waals surface area contributed by atoms with E-state index < -0.39 is 18.0 Å². The van der Waals surface area contributed by atoms with Gasteiger partial charge in [-0.05, 0) is 95.1 Å². The Morgan fingerprint density at radius 3 is 1.96 bits per heavy atom. The lowest BCUT2D eigenvalue weighted by Crippen LogP contribution is -2.26. The van der Waals surface area contributed by atoms with E-state index in [1.165, 1.54) is 33.4 Å². The molecular weight excluding hydrogens is 629 g/mol. The number of aliphatic carboxylic acids is 2. The topological polar surface area (TPSA) is 93.1 Å². The van der Waals surface area contributed by atoms with Gasteiger partial charge < -0.3 is 19.7 Å². The van der Waals surface area contributed by atoms with Crippen LogP contribution in [-0.2, 0) is 27.2 Å². The zero-order chi connectivity index (χ0) is 33.2. The van der Waals surface area contributed by atoms with E-state index >= 15 is 0 Å². The van der Waals surface area contributed by atoms with Crippen LogP contribution in [0.25, 0.3) is 23.3 Å². The number of fused-ring (bicyclic) bond motifs is 3. The highest BCUT2D eigenvalue weighted by Gasteiger charge is 2.19. The van der Waals surface area contributed by atoms with Crippen molar-refractivity contribution in [2.24, 2.45) is 0 Å². The van der Waals surface area contributed by atoms with Gasteiger partial charge in [0.05, 0.1) is 0 Å². The van der Waals surface area contributed by atoms with Crippen LogP contribution in [-0.4, -0.2) is 53.0 Å². The van der Waals surface area contributed by atoms with Gasteiger partial charge in [-0.2, -0.15) is 0 Å². The van der Waals surface area contributed by atoms with Crippen molar-refractivity contribution in [3.05, 3.63) is 124 Å². The Hall–Kier alpha value is -4.24. The van der Waals surface area contributed by atoms with Gasteiger partial charge in [-0.25, -0.2) is 9.59 Å². The predicted octanol–water partition coefficient (Wildman–Crippen LogP) is 8.67. The largest absolute Gasteiger partial charge is 0.482 e. The van der Waals surface area contributed by atoms with Crippen LogP contribution in [0.3, 0.4) is 0 Å². The van der Waals surface area contributed by atoms with E-state index in [0.717, 1.165) is 38.8 Å². The molecule has 4 aromatic rings. The third-order valence-electron chi connectivity index (χ3n) is 7.73. The summed E-state index contributed by atoms with van der Waals surface area (Å²) >= 11 is 3.47. The quantitative estimate of drug-likeness (QED) is 0.101. The predicted molar refractivity (Wildman–Crippen MR) is 192 cm³/mol. The van der Waals surface area contributed by atoms with Crippen molar-refractivity contribution in [1.82, 2.24) is 0 Å². The molecule has 4 aromatic carbocycles. The van der Waals surface area contributed by atoms with Gasteiger partial charge in [-0.1, -0.05) is 72.8 Å². The van der Waals surface area contributed by atoms with E-state index in [1.807, 2.05) is 49.4 Å². The molecule has 2 N–H and O–H groups in total. The second-order valence-corrected chi connectivity index (χ2v) is 13.4. The number of thioether (sulfide) groups is 2. The SMILES string of the molecule is CCOC(Cc1ccc(SCC=Cc2ccc3c(c2)Cc2cc(C=CCSc4ccc(OCC(=O)O)c(C)c4)ccc2-3)cc1)C(=O)O. The molecule has 0 saturated carbocycles. The molecule has 47 heavy (non-hydrogen) atoms. The molecule has 8 heteroatoms. The Bertz CT molecular complexity index is 1780. The number of aryl methyl sites for hydroxylation is 1. The van der Waals surface area contributed by atoms with Crippen molar-refractivity contribution >= 4 is 47.6 Å². The lowest BCUT2D eigenvalue weighted by atomic mass is 10.0. The number of benzene rings is 4. The molecule has 0 radical (unpaired) electrons. The molecule has 1 atom stereocenters. The van der Waals surface area contributed by atoms with Crippen molar-refractivity contribution in [2.45, 2.75) is 42.6 Å². The fourth-order valence-corrected chi connectivity index (χ4v) is 7.01.